The summed E-state index contributed by atoms with van der Waals surface area (Å²) in [5.74, 6) is 1.96. The first kappa shape index (κ1) is 25.1. The molecule has 0 aliphatic carbocycles. The van der Waals surface area contributed by atoms with Crippen molar-refractivity contribution in [3.63, 3.8) is 0 Å². The van der Waals surface area contributed by atoms with Crippen LogP contribution in [0.2, 0.25) is 0 Å². The molecule has 2 aromatic carbocycles. The van der Waals surface area contributed by atoms with E-state index in [1.165, 1.54) is 0 Å². The predicted octanol–water partition coefficient (Wildman–Crippen LogP) is 6.93. The highest BCUT2D eigenvalue weighted by atomic mass is 32.2. The molecule has 5 rings (SSSR count). The fourth-order valence-electron chi connectivity index (χ4n) is 4.51. The molecule has 0 saturated carbocycles. The number of benzene rings is 2. The normalized spacial score (nSPS) is 15.6. The number of hydrogen-bond donors (Lipinski definition) is 0. The average Bonchev–Trinajstić information content (AvgIpc) is 3.21. The van der Waals surface area contributed by atoms with Crippen molar-refractivity contribution in [3.05, 3.63) is 80.5 Å². The smallest absolute Gasteiger partial charge is 0.267 e. The predicted molar refractivity (Wildman–Crippen MR) is 149 cm³/mol. The molecule has 0 radical (unpaired) electrons. The van der Waals surface area contributed by atoms with Gasteiger partial charge in [-0.1, -0.05) is 49.9 Å². The van der Waals surface area contributed by atoms with E-state index in [2.05, 4.69) is 32.0 Å². The highest BCUT2D eigenvalue weighted by molar-refractivity contribution is 7.98. The molecular formula is C29H32N2O3S2. The third kappa shape index (κ3) is 5.10. The minimum Gasteiger partial charge on any atom is -0.491 e. The topological polar surface area (TPSA) is 53.4 Å². The maximum absolute atomic E-state index is 14.1. The Morgan fingerprint density at radius 2 is 1.94 bits per heavy atom. The maximum atomic E-state index is 14.1. The fraction of sp³-hybridized carbons (Fsp3) is 0.379. The van der Waals surface area contributed by atoms with Gasteiger partial charge in [0, 0.05) is 17.1 Å². The molecule has 1 atom stereocenters. The lowest BCUT2D eigenvalue weighted by Crippen LogP contribution is -2.28. The van der Waals surface area contributed by atoms with E-state index < -0.39 is 0 Å². The molecule has 0 fully saturated rings. The first-order chi connectivity index (χ1) is 17.3. The zero-order chi connectivity index (χ0) is 25.4. The number of thiophene rings is 1. The number of rotatable bonds is 7. The molecule has 1 aliphatic heterocycles. The Labute approximate surface area is 220 Å². The molecule has 3 heterocycles. The summed E-state index contributed by atoms with van der Waals surface area (Å²) >= 11 is 3.19. The Morgan fingerprint density at radius 1 is 1.17 bits per heavy atom. The van der Waals surface area contributed by atoms with Crippen LogP contribution in [0.25, 0.3) is 15.9 Å². The first-order valence-electron chi connectivity index (χ1n) is 12.4. The van der Waals surface area contributed by atoms with Crippen molar-refractivity contribution in [1.29, 1.82) is 0 Å². The summed E-state index contributed by atoms with van der Waals surface area (Å²) in [6.07, 6.45) is 1.02. The molecular weight excluding hydrogens is 488 g/mol. The third-order valence-corrected chi connectivity index (χ3v) is 8.49. The zero-order valence-corrected chi connectivity index (χ0v) is 23.0. The van der Waals surface area contributed by atoms with Crippen LogP contribution in [0, 0.1) is 12.8 Å². The summed E-state index contributed by atoms with van der Waals surface area (Å²) in [6, 6.07) is 16.2. The van der Waals surface area contributed by atoms with Crippen LogP contribution in [-0.4, -0.2) is 21.8 Å². The van der Waals surface area contributed by atoms with Crippen LogP contribution in [0.15, 0.2) is 58.5 Å². The van der Waals surface area contributed by atoms with Gasteiger partial charge in [-0.3, -0.25) is 9.36 Å². The Kier molecular flexibility index (Phi) is 7.24. The van der Waals surface area contributed by atoms with Crippen LogP contribution >= 0.6 is 23.1 Å². The van der Waals surface area contributed by atoms with Crippen LogP contribution in [0.4, 0.5) is 0 Å². The van der Waals surface area contributed by atoms with Gasteiger partial charge in [0.2, 0.25) is 0 Å². The van der Waals surface area contributed by atoms with Crippen LogP contribution < -0.4 is 10.3 Å². The van der Waals surface area contributed by atoms with E-state index in [9.17, 15) is 4.79 Å². The van der Waals surface area contributed by atoms with Crippen molar-refractivity contribution in [2.24, 2.45) is 5.92 Å². The first-order valence-corrected chi connectivity index (χ1v) is 14.2. The molecule has 1 aliphatic rings. The Hall–Kier alpha value is -2.61. The number of nitrogens with zero attached hydrogens (tertiary/aromatic N) is 2. The number of aryl methyl sites for hydroxylation is 1. The summed E-state index contributed by atoms with van der Waals surface area (Å²) in [4.78, 5) is 21.1. The molecule has 0 N–H and O–H groups in total. The van der Waals surface area contributed by atoms with Crippen molar-refractivity contribution >= 4 is 33.3 Å². The number of thioether (sulfide) groups is 1. The van der Waals surface area contributed by atoms with E-state index in [1.807, 2.05) is 51.1 Å². The second-order valence-electron chi connectivity index (χ2n) is 9.95. The second kappa shape index (κ2) is 10.4. The van der Waals surface area contributed by atoms with Crippen LogP contribution in [0.5, 0.6) is 5.75 Å². The van der Waals surface area contributed by atoms with E-state index in [0.29, 0.717) is 23.4 Å². The molecule has 188 valence electrons. The lowest BCUT2D eigenvalue weighted by molar-refractivity contribution is 0.00200. The van der Waals surface area contributed by atoms with Gasteiger partial charge < -0.3 is 9.47 Å². The van der Waals surface area contributed by atoms with Gasteiger partial charge in [0.25, 0.3) is 5.56 Å². The molecule has 7 heteroatoms. The third-order valence-electron chi connectivity index (χ3n) is 6.38. The summed E-state index contributed by atoms with van der Waals surface area (Å²) < 4.78 is 13.7. The number of aromatic nitrogens is 2. The second-order valence-corrected chi connectivity index (χ2v) is 12.0. The average molecular weight is 521 g/mol. The SMILES string of the molecule is Cc1cccc(-n2c(SCc3ccc(OC(C)C)cc3)nc3sc4c(c3c2=O)CC(C(C)C)OC4)c1. The van der Waals surface area contributed by atoms with Gasteiger partial charge in [0.1, 0.15) is 10.6 Å². The number of hydrogen-bond acceptors (Lipinski definition) is 6. The van der Waals surface area contributed by atoms with Crippen molar-refractivity contribution in [2.75, 3.05) is 0 Å². The molecule has 1 unspecified atom stereocenters. The number of fused-ring (bicyclic) bond motifs is 3. The molecule has 5 nitrogen and oxygen atoms in total. The molecule has 36 heavy (non-hydrogen) atoms. The molecule has 4 aromatic rings. The Bertz CT molecular complexity index is 1440. The van der Waals surface area contributed by atoms with Gasteiger partial charge in [-0.15, -0.1) is 11.3 Å². The van der Waals surface area contributed by atoms with E-state index in [4.69, 9.17) is 14.5 Å². The Morgan fingerprint density at radius 3 is 2.64 bits per heavy atom. The minimum atomic E-state index is 0.00990. The Balaban J connectivity index is 1.56. The molecule has 0 bridgehead atoms. The van der Waals surface area contributed by atoms with Crippen molar-refractivity contribution in [3.8, 4) is 11.4 Å². The van der Waals surface area contributed by atoms with E-state index in [0.717, 1.165) is 49.6 Å². The highest BCUT2D eigenvalue weighted by Gasteiger charge is 2.28. The molecule has 0 amide bonds. The van der Waals surface area contributed by atoms with Crippen LogP contribution in [-0.2, 0) is 23.5 Å². The van der Waals surface area contributed by atoms with Gasteiger partial charge in [-0.2, -0.15) is 0 Å². The van der Waals surface area contributed by atoms with Gasteiger partial charge >= 0.3 is 0 Å². The summed E-state index contributed by atoms with van der Waals surface area (Å²) in [5, 5.41) is 1.46. The summed E-state index contributed by atoms with van der Waals surface area (Å²) in [6.45, 7) is 11.0. The van der Waals surface area contributed by atoms with E-state index >= 15 is 0 Å². The summed E-state index contributed by atoms with van der Waals surface area (Å²) in [7, 11) is 0. The highest BCUT2D eigenvalue weighted by Crippen LogP contribution is 2.36. The van der Waals surface area contributed by atoms with Gasteiger partial charge in [-0.25, -0.2) is 4.98 Å². The quantitative estimate of drug-likeness (QED) is 0.195. The van der Waals surface area contributed by atoms with Crippen LogP contribution in [0.1, 0.15) is 49.3 Å². The maximum Gasteiger partial charge on any atom is 0.267 e. The zero-order valence-electron chi connectivity index (χ0n) is 21.4. The lowest BCUT2D eigenvalue weighted by Gasteiger charge is -2.26. The van der Waals surface area contributed by atoms with E-state index in [1.54, 1.807) is 27.7 Å². The number of ether oxygens (including phenoxy) is 2. The van der Waals surface area contributed by atoms with Gasteiger partial charge in [0.15, 0.2) is 5.16 Å². The molecule has 2 aromatic heterocycles. The molecule has 0 spiro atoms. The van der Waals surface area contributed by atoms with Crippen molar-refractivity contribution in [1.82, 2.24) is 9.55 Å². The summed E-state index contributed by atoms with van der Waals surface area (Å²) in [5.41, 5.74) is 4.24. The lowest BCUT2D eigenvalue weighted by atomic mass is 9.96. The van der Waals surface area contributed by atoms with Gasteiger partial charge in [0.05, 0.1) is 29.9 Å². The minimum absolute atomic E-state index is 0.00990. The monoisotopic (exact) mass is 520 g/mol. The largest absolute Gasteiger partial charge is 0.491 e. The van der Waals surface area contributed by atoms with Crippen molar-refractivity contribution < 1.29 is 9.47 Å². The van der Waals surface area contributed by atoms with E-state index in [-0.39, 0.29) is 17.8 Å². The molecule has 0 saturated heterocycles. The fourth-order valence-corrected chi connectivity index (χ4v) is 6.64. The van der Waals surface area contributed by atoms with Crippen LogP contribution in [0.3, 0.4) is 0 Å². The standard InChI is InChI=1S/C29H32N2O3S2/c1-17(2)24-14-23-25(15-33-24)36-27-26(23)28(32)31(21-8-6-7-19(5)13-21)29(30-27)35-16-20-9-11-22(12-10-20)34-18(3)4/h6-13,17-18,24H,14-16H2,1-5H3. The van der Waals surface area contributed by atoms with Crippen molar-refractivity contribution in [2.45, 2.75) is 70.8 Å². The van der Waals surface area contributed by atoms with Gasteiger partial charge in [-0.05, 0) is 67.6 Å².